The first-order chi connectivity index (χ1) is 8.32. The number of esters is 1. The molecule has 18 heavy (non-hydrogen) atoms. The Hall–Kier alpha value is -0.570. The summed E-state index contributed by atoms with van der Waals surface area (Å²) in [5, 5.41) is -0.176. The fourth-order valence-electron chi connectivity index (χ4n) is 3.78. The van der Waals surface area contributed by atoms with Crippen LogP contribution in [-0.2, 0) is 14.3 Å². The molecule has 0 radical (unpaired) electrons. The Kier molecular flexibility index (Phi) is 3.48. The number of hydrogen-bond acceptors (Lipinski definition) is 3. The van der Waals surface area contributed by atoms with Crippen LogP contribution in [0.3, 0.4) is 0 Å². The number of halogens is 1. The number of Topliss-reactive ketones (excluding diaryl/α,β-unsaturated/α-hetero) is 1. The summed E-state index contributed by atoms with van der Waals surface area (Å²) in [6.45, 7) is 5.80. The molecule has 102 valence electrons. The highest BCUT2D eigenvalue weighted by Crippen LogP contribution is 2.57. The number of carbonyl (C=O) groups excluding carboxylic acids is 2. The fourth-order valence-corrected chi connectivity index (χ4v) is 4.31. The number of ketones is 1. The van der Waals surface area contributed by atoms with Crippen molar-refractivity contribution in [3.8, 4) is 0 Å². The van der Waals surface area contributed by atoms with Crippen molar-refractivity contribution in [1.29, 1.82) is 0 Å². The van der Waals surface area contributed by atoms with Crippen molar-refractivity contribution >= 4 is 23.4 Å². The normalized spacial score (nSPS) is 44.1. The summed E-state index contributed by atoms with van der Waals surface area (Å²) in [6, 6.07) is 0. The molecule has 4 heteroatoms. The monoisotopic (exact) mass is 272 g/mol. The molecule has 2 aliphatic rings. The van der Waals surface area contributed by atoms with Gasteiger partial charge in [-0.05, 0) is 32.1 Å². The third-order valence-corrected chi connectivity index (χ3v) is 5.60. The first kappa shape index (κ1) is 13.9. The highest BCUT2D eigenvalue weighted by Gasteiger charge is 2.62. The van der Waals surface area contributed by atoms with Gasteiger partial charge in [-0.25, -0.2) is 0 Å². The molecule has 1 saturated heterocycles. The molecule has 2 fully saturated rings. The van der Waals surface area contributed by atoms with Crippen LogP contribution in [-0.4, -0.2) is 22.7 Å². The molecule has 1 saturated carbocycles. The molecular weight excluding hydrogens is 252 g/mol. The lowest BCUT2D eigenvalue weighted by Gasteiger charge is -2.54. The van der Waals surface area contributed by atoms with E-state index in [1.165, 1.54) is 0 Å². The Balaban J connectivity index is 2.42. The maximum absolute atomic E-state index is 11.6. The fraction of sp³-hybridized carbons (Fsp3) is 0.857. The lowest BCUT2D eigenvalue weighted by atomic mass is 9.56. The number of alkyl halides is 1. The largest absolute Gasteiger partial charge is 0.457 e. The molecule has 0 amide bonds. The van der Waals surface area contributed by atoms with Crippen LogP contribution in [0.1, 0.15) is 52.9 Å². The molecule has 1 heterocycles. The lowest BCUT2D eigenvalue weighted by molar-refractivity contribution is -0.175. The van der Waals surface area contributed by atoms with Crippen molar-refractivity contribution in [2.24, 2.45) is 11.3 Å². The highest BCUT2D eigenvalue weighted by atomic mass is 35.5. The zero-order valence-corrected chi connectivity index (χ0v) is 12.0. The molecule has 4 atom stereocenters. The van der Waals surface area contributed by atoms with Gasteiger partial charge < -0.3 is 9.53 Å². The van der Waals surface area contributed by atoms with E-state index in [1.807, 2.05) is 0 Å². The molecule has 2 rings (SSSR count). The van der Waals surface area contributed by atoms with Crippen molar-refractivity contribution in [2.75, 3.05) is 0 Å². The molecule has 0 aromatic carbocycles. The van der Waals surface area contributed by atoms with Crippen LogP contribution in [0.25, 0.3) is 0 Å². The van der Waals surface area contributed by atoms with Crippen molar-refractivity contribution in [2.45, 2.75) is 63.9 Å². The summed E-state index contributed by atoms with van der Waals surface area (Å²) >= 11 is 6.49. The number of hydrogen-bond donors (Lipinski definition) is 0. The van der Waals surface area contributed by atoms with Crippen LogP contribution in [0.5, 0.6) is 0 Å². The summed E-state index contributed by atoms with van der Waals surface area (Å²) in [7, 11) is 0. The number of rotatable bonds is 2. The van der Waals surface area contributed by atoms with Gasteiger partial charge in [0.05, 0.1) is 5.38 Å². The first-order valence-corrected chi connectivity index (χ1v) is 7.11. The maximum atomic E-state index is 11.6. The third kappa shape index (κ3) is 1.87. The molecular formula is C14H21ClO3. The van der Waals surface area contributed by atoms with Gasteiger partial charge in [0.2, 0.25) is 0 Å². The van der Waals surface area contributed by atoms with Crippen molar-refractivity contribution < 1.29 is 14.3 Å². The van der Waals surface area contributed by atoms with E-state index in [9.17, 15) is 9.59 Å². The maximum Gasteiger partial charge on any atom is 0.306 e. The van der Waals surface area contributed by atoms with Gasteiger partial charge in [-0.2, -0.15) is 0 Å². The van der Waals surface area contributed by atoms with Gasteiger partial charge in [0.1, 0.15) is 11.4 Å². The molecule has 0 unspecified atom stereocenters. The Bertz CT molecular complexity index is 381. The van der Waals surface area contributed by atoms with Crippen LogP contribution in [0.4, 0.5) is 0 Å². The van der Waals surface area contributed by atoms with Gasteiger partial charge in [0.15, 0.2) is 0 Å². The number of ether oxygens (including phenoxy) is 1. The Morgan fingerprint density at radius 1 is 1.50 bits per heavy atom. The van der Waals surface area contributed by atoms with E-state index in [0.29, 0.717) is 25.2 Å². The minimum absolute atomic E-state index is 0.137. The Morgan fingerprint density at radius 3 is 2.67 bits per heavy atom. The molecule has 1 spiro atoms. The van der Waals surface area contributed by atoms with Gasteiger partial charge >= 0.3 is 5.97 Å². The minimum atomic E-state index is -0.644. The van der Waals surface area contributed by atoms with E-state index >= 15 is 0 Å². The standard InChI is InChI=1S/C14H21ClO3/c1-9-4-5-11(15)14(7-6-12(17)18-14)13(9,3)8-10(2)16/h9,11H,4-8H2,1-3H3/t9-,11+,13+,14-/m0/s1. The van der Waals surface area contributed by atoms with E-state index in [-0.39, 0.29) is 22.5 Å². The van der Waals surface area contributed by atoms with E-state index in [2.05, 4.69) is 13.8 Å². The van der Waals surface area contributed by atoms with E-state index in [0.717, 1.165) is 12.8 Å². The Morgan fingerprint density at radius 2 is 2.17 bits per heavy atom. The molecule has 0 aromatic heterocycles. The van der Waals surface area contributed by atoms with E-state index in [4.69, 9.17) is 16.3 Å². The predicted octanol–water partition coefficient (Wildman–Crippen LogP) is 3.08. The first-order valence-electron chi connectivity index (χ1n) is 6.67. The average Bonchev–Trinajstić information content (AvgIpc) is 2.66. The topological polar surface area (TPSA) is 43.4 Å². The smallest absolute Gasteiger partial charge is 0.306 e. The second kappa shape index (κ2) is 4.52. The summed E-state index contributed by atoms with van der Waals surface area (Å²) < 4.78 is 5.67. The Labute approximate surface area is 113 Å². The van der Waals surface area contributed by atoms with E-state index in [1.54, 1.807) is 6.92 Å². The predicted molar refractivity (Wildman–Crippen MR) is 69.5 cm³/mol. The van der Waals surface area contributed by atoms with Crippen molar-refractivity contribution in [3.63, 3.8) is 0 Å². The SMILES string of the molecule is CC(=O)C[C@]1(C)[C@@H](C)CC[C@@H](Cl)[C@@]12CCC(=O)O2. The van der Waals surface area contributed by atoms with Crippen molar-refractivity contribution in [1.82, 2.24) is 0 Å². The molecule has 0 aromatic rings. The van der Waals surface area contributed by atoms with Crippen LogP contribution in [0, 0.1) is 11.3 Å². The second-order valence-corrected chi connectivity index (χ2v) is 6.63. The minimum Gasteiger partial charge on any atom is -0.457 e. The lowest BCUT2D eigenvalue weighted by Crippen LogP contribution is -2.59. The van der Waals surface area contributed by atoms with Crippen LogP contribution >= 0.6 is 11.6 Å². The molecule has 0 bridgehead atoms. The van der Waals surface area contributed by atoms with Crippen molar-refractivity contribution in [3.05, 3.63) is 0 Å². The molecule has 1 aliphatic carbocycles. The highest BCUT2D eigenvalue weighted by molar-refractivity contribution is 6.21. The number of carbonyl (C=O) groups is 2. The van der Waals surface area contributed by atoms with Crippen LogP contribution < -0.4 is 0 Å². The summed E-state index contributed by atoms with van der Waals surface area (Å²) in [6.07, 6.45) is 3.34. The summed E-state index contributed by atoms with van der Waals surface area (Å²) in [5.41, 5.74) is -0.982. The third-order valence-electron chi connectivity index (χ3n) is 5.03. The van der Waals surface area contributed by atoms with Gasteiger partial charge in [0.25, 0.3) is 0 Å². The zero-order valence-electron chi connectivity index (χ0n) is 11.3. The summed E-state index contributed by atoms with van der Waals surface area (Å²) in [4.78, 5) is 23.2. The van der Waals surface area contributed by atoms with Gasteiger partial charge in [-0.3, -0.25) is 4.79 Å². The zero-order chi connectivity index (χ0) is 13.6. The van der Waals surface area contributed by atoms with Gasteiger partial charge in [-0.15, -0.1) is 11.6 Å². The molecule has 3 nitrogen and oxygen atoms in total. The van der Waals surface area contributed by atoms with Gasteiger partial charge in [0, 0.05) is 18.3 Å². The average molecular weight is 273 g/mol. The quantitative estimate of drug-likeness (QED) is 0.573. The second-order valence-electron chi connectivity index (χ2n) is 6.11. The van der Waals surface area contributed by atoms with Gasteiger partial charge in [-0.1, -0.05) is 13.8 Å². The summed E-state index contributed by atoms with van der Waals surface area (Å²) in [5.74, 6) is 0.296. The van der Waals surface area contributed by atoms with E-state index < -0.39 is 5.60 Å². The molecule has 1 aliphatic heterocycles. The molecule has 0 N–H and O–H groups in total. The van der Waals surface area contributed by atoms with Crippen LogP contribution in [0.2, 0.25) is 0 Å². The van der Waals surface area contributed by atoms with Crippen LogP contribution in [0.15, 0.2) is 0 Å².